The summed E-state index contributed by atoms with van der Waals surface area (Å²) in [5.74, 6) is -0.832. The number of aryl methyl sites for hydroxylation is 1. The highest BCUT2D eigenvalue weighted by atomic mass is 16.2. The standard InChI is InChI=1S/C23H25N5O3/c24-16-4-5-18-15(8-16)9-17(11-26-18)25-10-13-2-1-3-14-12-28(23(31)21(13)14)19-6-7-20(29)27-22(19)30/h1-3,9,11,16,19,25H,4-8,10,12,24H2,(H,27,29,30). The number of amides is 3. The predicted octanol–water partition coefficient (Wildman–Crippen LogP) is 1.27. The molecule has 2 atom stereocenters. The fourth-order valence-electron chi connectivity index (χ4n) is 4.78. The third kappa shape index (κ3) is 3.67. The fraction of sp³-hybridized carbons (Fsp3) is 0.391. The molecule has 3 aliphatic rings. The molecular formula is C23H25N5O3. The number of nitrogens with zero attached hydrogens (tertiary/aromatic N) is 2. The van der Waals surface area contributed by atoms with Crippen LogP contribution in [0.15, 0.2) is 30.5 Å². The van der Waals surface area contributed by atoms with Crippen LogP contribution in [0.4, 0.5) is 5.69 Å². The smallest absolute Gasteiger partial charge is 0.255 e. The average molecular weight is 419 g/mol. The van der Waals surface area contributed by atoms with Crippen molar-refractivity contribution < 1.29 is 14.4 Å². The second-order valence-electron chi connectivity index (χ2n) is 8.54. The zero-order valence-electron chi connectivity index (χ0n) is 17.2. The normalized spacial score (nSPS) is 22.7. The van der Waals surface area contributed by atoms with Crippen molar-refractivity contribution in [2.45, 2.75) is 57.3 Å². The minimum absolute atomic E-state index is 0.156. The maximum atomic E-state index is 13.2. The number of anilines is 1. The first kappa shape index (κ1) is 19.7. The van der Waals surface area contributed by atoms with Crippen LogP contribution in [0.5, 0.6) is 0 Å². The van der Waals surface area contributed by atoms with Gasteiger partial charge in [-0.15, -0.1) is 0 Å². The monoisotopic (exact) mass is 419 g/mol. The quantitative estimate of drug-likeness (QED) is 0.643. The largest absolute Gasteiger partial charge is 0.380 e. The molecule has 0 saturated carbocycles. The number of nitrogens with two attached hydrogens (primary N) is 1. The van der Waals surface area contributed by atoms with E-state index >= 15 is 0 Å². The van der Waals surface area contributed by atoms with E-state index in [1.807, 2.05) is 24.4 Å². The summed E-state index contributed by atoms with van der Waals surface area (Å²) in [5, 5.41) is 5.73. The van der Waals surface area contributed by atoms with Gasteiger partial charge in [0, 0.05) is 36.8 Å². The molecule has 8 nitrogen and oxygen atoms in total. The first-order chi connectivity index (χ1) is 15.0. The van der Waals surface area contributed by atoms with E-state index in [9.17, 15) is 14.4 Å². The molecule has 2 aromatic rings. The van der Waals surface area contributed by atoms with E-state index in [4.69, 9.17) is 5.73 Å². The number of rotatable bonds is 4. The average Bonchev–Trinajstić information content (AvgIpc) is 3.09. The van der Waals surface area contributed by atoms with E-state index < -0.39 is 11.9 Å². The van der Waals surface area contributed by atoms with E-state index in [0.717, 1.165) is 41.8 Å². The Kier molecular flexibility index (Phi) is 4.94. The second-order valence-corrected chi connectivity index (χ2v) is 8.54. The number of fused-ring (bicyclic) bond motifs is 2. The highest BCUT2D eigenvalue weighted by Crippen LogP contribution is 2.30. The summed E-state index contributed by atoms with van der Waals surface area (Å²) in [5.41, 5.74) is 11.7. The van der Waals surface area contributed by atoms with Crippen LogP contribution in [0.2, 0.25) is 0 Å². The molecule has 1 saturated heterocycles. The van der Waals surface area contributed by atoms with Crippen LogP contribution in [0.25, 0.3) is 0 Å². The molecule has 3 amide bonds. The molecule has 1 aliphatic carbocycles. The molecular weight excluding hydrogens is 394 g/mol. The lowest BCUT2D eigenvalue weighted by Crippen LogP contribution is -2.52. The Morgan fingerprint density at radius 3 is 2.87 bits per heavy atom. The van der Waals surface area contributed by atoms with Gasteiger partial charge in [-0.05, 0) is 48.4 Å². The first-order valence-electron chi connectivity index (χ1n) is 10.7. The number of piperidine rings is 1. The van der Waals surface area contributed by atoms with Gasteiger partial charge in [-0.25, -0.2) is 0 Å². The van der Waals surface area contributed by atoms with Gasteiger partial charge in [0.2, 0.25) is 11.8 Å². The Morgan fingerprint density at radius 1 is 1.16 bits per heavy atom. The maximum Gasteiger partial charge on any atom is 0.255 e. The van der Waals surface area contributed by atoms with Crippen LogP contribution < -0.4 is 16.4 Å². The number of aromatic nitrogens is 1. The summed E-state index contributed by atoms with van der Waals surface area (Å²) >= 11 is 0. The molecule has 0 spiro atoms. The van der Waals surface area contributed by atoms with Crippen molar-refractivity contribution in [3.8, 4) is 0 Å². The van der Waals surface area contributed by atoms with Gasteiger partial charge >= 0.3 is 0 Å². The van der Waals surface area contributed by atoms with Crippen molar-refractivity contribution in [1.82, 2.24) is 15.2 Å². The summed E-state index contributed by atoms with van der Waals surface area (Å²) in [6.45, 7) is 0.858. The molecule has 1 aromatic carbocycles. The summed E-state index contributed by atoms with van der Waals surface area (Å²) in [4.78, 5) is 43.1. The van der Waals surface area contributed by atoms with Crippen molar-refractivity contribution in [1.29, 1.82) is 0 Å². The van der Waals surface area contributed by atoms with Crippen molar-refractivity contribution in [3.63, 3.8) is 0 Å². The minimum atomic E-state index is -0.604. The Labute approximate surface area is 180 Å². The van der Waals surface area contributed by atoms with Gasteiger partial charge in [-0.1, -0.05) is 18.2 Å². The summed E-state index contributed by atoms with van der Waals surface area (Å²) in [7, 11) is 0. The van der Waals surface area contributed by atoms with Crippen molar-refractivity contribution in [3.05, 3.63) is 58.4 Å². The van der Waals surface area contributed by atoms with E-state index in [1.165, 1.54) is 5.56 Å². The van der Waals surface area contributed by atoms with E-state index in [-0.39, 0.29) is 24.3 Å². The summed E-state index contributed by atoms with van der Waals surface area (Å²) in [6.07, 6.45) is 5.15. The molecule has 2 aliphatic heterocycles. The topological polar surface area (TPSA) is 117 Å². The van der Waals surface area contributed by atoms with Gasteiger partial charge in [0.15, 0.2) is 0 Å². The predicted molar refractivity (Wildman–Crippen MR) is 114 cm³/mol. The van der Waals surface area contributed by atoms with E-state index in [1.54, 1.807) is 4.90 Å². The zero-order chi connectivity index (χ0) is 21.5. The van der Waals surface area contributed by atoms with E-state index in [0.29, 0.717) is 25.1 Å². The molecule has 1 aromatic heterocycles. The van der Waals surface area contributed by atoms with Crippen LogP contribution in [0, 0.1) is 0 Å². The van der Waals surface area contributed by atoms with Crippen molar-refractivity contribution in [2.24, 2.45) is 5.73 Å². The van der Waals surface area contributed by atoms with Gasteiger partial charge < -0.3 is 16.0 Å². The Morgan fingerprint density at radius 2 is 2.03 bits per heavy atom. The second kappa shape index (κ2) is 7.77. The van der Waals surface area contributed by atoms with Crippen LogP contribution in [-0.4, -0.2) is 39.7 Å². The molecule has 3 heterocycles. The Hall–Kier alpha value is -3.26. The lowest BCUT2D eigenvalue weighted by atomic mass is 9.92. The van der Waals surface area contributed by atoms with E-state index in [2.05, 4.69) is 21.7 Å². The maximum absolute atomic E-state index is 13.2. The molecule has 160 valence electrons. The van der Waals surface area contributed by atoms with Crippen LogP contribution in [0.3, 0.4) is 0 Å². The number of hydrogen-bond acceptors (Lipinski definition) is 6. The highest BCUT2D eigenvalue weighted by Gasteiger charge is 2.39. The third-order valence-electron chi connectivity index (χ3n) is 6.42. The first-order valence-corrected chi connectivity index (χ1v) is 10.7. The fourth-order valence-corrected chi connectivity index (χ4v) is 4.78. The van der Waals surface area contributed by atoms with Gasteiger partial charge in [0.25, 0.3) is 5.91 Å². The molecule has 0 bridgehead atoms. The number of carbonyl (C=O) groups is 3. The lowest BCUT2D eigenvalue weighted by molar-refractivity contribution is -0.136. The number of benzene rings is 1. The minimum Gasteiger partial charge on any atom is -0.380 e. The number of pyridine rings is 1. The van der Waals surface area contributed by atoms with Crippen LogP contribution >= 0.6 is 0 Å². The number of imide groups is 1. The zero-order valence-corrected chi connectivity index (χ0v) is 17.2. The molecule has 2 unspecified atom stereocenters. The molecule has 1 fully saturated rings. The highest BCUT2D eigenvalue weighted by molar-refractivity contribution is 6.06. The van der Waals surface area contributed by atoms with Gasteiger partial charge in [-0.2, -0.15) is 0 Å². The van der Waals surface area contributed by atoms with Gasteiger partial charge in [0.1, 0.15) is 6.04 Å². The van der Waals surface area contributed by atoms with Crippen LogP contribution in [0.1, 0.15) is 52.0 Å². The molecule has 31 heavy (non-hydrogen) atoms. The molecule has 8 heteroatoms. The Bertz CT molecular complexity index is 1080. The number of carbonyl (C=O) groups excluding carboxylic acids is 3. The molecule has 5 rings (SSSR count). The van der Waals surface area contributed by atoms with Crippen LogP contribution in [-0.2, 0) is 35.5 Å². The van der Waals surface area contributed by atoms with Crippen molar-refractivity contribution >= 4 is 23.4 Å². The Balaban J connectivity index is 1.33. The number of hydrogen-bond donors (Lipinski definition) is 3. The summed E-state index contributed by atoms with van der Waals surface area (Å²) in [6, 6.07) is 7.46. The molecule has 0 radical (unpaired) electrons. The number of nitrogens with one attached hydrogen (secondary N) is 2. The summed E-state index contributed by atoms with van der Waals surface area (Å²) < 4.78 is 0. The lowest BCUT2D eigenvalue weighted by Gasteiger charge is -2.29. The van der Waals surface area contributed by atoms with Crippen molar-refractivity contribution in [2.75, 3.05) is 5.32 Å². The molecule has 4 N–H and O–H groups in total. The van der Waals surface area contributed by atoms with Gasteiger partial charge in [0.05, 0.1) is 11.9 Å². The third-order valence-corrected chi connectivity index (χ3v) is 6.42. The van der Waals surface area contributed by atoms with Gasteiger partial charge in [-0.3, -0.25) is 24.7 Å². The SMILES string of the molecule is NC1CCc2ncc(NCc3cccc4c3C(=O)N(C3CCC(=O)NC3=O)C4)cc2C1.